The molecule has 2 aromatic heterocycles. The van der Waals surface area contributed by atoms with Crippen molar-refractivity contribution in [1.82, 2.24) is 20.3 Å². The van der Waals surface area contributed by atoms with Crippen LogP contribution < -0.4 is 10.1 Å². The molecule has 0 radical (unpaired) electrons. The molecule has 0 aliphatic heterocycles. The number of nitrogens with one attached hydrogen (secondary N) is 2. The van der Waals surface area contributed by atoms with Crippen LogP contribution in [-0.4, -0.2) is 28.0 Å². The number of ether oxygens (including phenoxy) is 1. The lowest BCUT2D eigenvalue weighted by Gasteiger charge is -2.00. The van der Waals surface area contributed by atoms with Gasteiger partial charge in [-0.05, 0) is 19.1 Å². The van der Waals surface area contributed by atoms with Crippen molar-refractivity contribution in [2.45, 2.75) is 26.8 Å². The molecule has 0 bridgehead atoms. The third-order valence-electron chi connectivity index (χ3n) is 3.50. The summed E-state index contributed by atoms with van der Waals surface area (Å²) in [5.41, 5.74) is 2.27. The third kappa shape index (κ3) is 3.03. The van der Waals surface area contributed by atoms with Crippen molar-refractivity contribution in [3.8, 4) is 5.75 Å². The van der Waals surface area contributed by atoms with Crippen molar-refractivity contribution in [3.63, 3.8) is 0 Å². The van der Waals surface area contributed by atoms with Crippen LogP contribution in [0.4, 0.5) is 0 Å². The topological polar surface area (TPSA) is 93.0 Å². The molecule has 120 valence electrons. The number of rotatable bonds is 5. The first-order chi connectivity index (χ1) is 11.1. The van der Waals surface area contributed by atoms with Crippen LogP contribution >= 0.6 is 0 Å². The second-order valence-corrected chi connectivity index (χ2v) is 5.12. The number of imidazole rings is 1. The van der Waals surface area contributed by atoms with E-state index in [0.717, 1.165) is 16.8 Å². The molecule has 23 heavy (non-hydrogen) atoms. The Morgan fingerprint density at radius 1 is 1.39 bits per heavy atom. The van der Waals surface area contributed by atoms with E-state index in [0.29, 0.717) is 23.8 Å². The van der Waals surface area contributed by atoms with E-state index in [2.05, 4.69) is 20.3 Å². The minimum Gasteiger partial charge on any atom is -0.497 e. The molecule has 7 nitrogen and oxygen atoms in total. The maximum absolute atomic E-state index is 12.2. The molecule has 1 aromatic carbocycles. The van der Waals surface area contributed by atoms with Gasteiger partial charge in [0.05, 0.1) is 30.4 Å². The Morgan fingerprint density at radius 2 is 2.22 bits per heavy atom. The fourth-order valence-corrected chi connectivity index (χ4v) is 2.31. The molecule has 3 rings (SSSR count). The maximum Gasteiger partial charge on any atom is 0.289 e. The van der Waals surface area contributed by atoms with Crippen LogP contribution in [0.5, 0.6) is 5.75 Å². The molecule has 2 N–H and O–H groups in total. The Labute approximate surface area is 133 Å². The monoisotopic (exact) mass is 314 g/mol. The van der Waals surface area contributed by atoms with Crippen LogP contribution in [-0.2, 0) is 13.0 Å². The van der Waals surface area contributed by atoms with Gasteiger partial charge in [-0.1, -0.05) is 6.92 Å². The molecule has 3 aromatic rings. The molecule has 2 heterocycles. The predicted molar refractivity (Wildman–Crippen MR) is 84.4 cm³/mol. The highest BCUT2D eigenvalue weighted by Crippen LogP contribution is 2.18. The molecule has 0 spiro atoms. The molecule has 7 heteroatoms. The van der Waals surface area contributed by atoms with Gasteiger partial charge in [-0.15, -0.1) is 0 Å². The summed E-state index contributed by atoms with van der Waals surface area (Å²) in [5, 5.41) is 2.79. The van der Waals surface area contributed by atoms with Gasteiger partial charge in [-0.3, -0.25) is 4.79 Å². The number of methoxy groups -OCH3 is 1. The number of carbonyl (C=O) groups excluding carboxylic acids is 1. The highest BCUT2D eigenvalue weighted by Gasteiger charge is 2.17. The Bertz CT molecular complexity index is 850. The lowest BCUT2D eigenvalue weighted by molar-refractivity contribution is 0.0919. The SMILES string of the molecule is CCc1nc(C)c(C(=O)NCc2nc3ccc(OC)cc3[nH]2)o1. The highest BCUT2D eigenvalue weighted by molar-refractivity contribution is 5.92. The quantitative estimate of drug-likeness (QED) is 0.754. The van der Waals surface area contributed by atoms with E-state index in [9.17, 15) is 4.79 Å². The second kappa shape index (κ2) is 6.12. The summed E-state index contributed by atoms with van der Waals surface area (Å²) in [6.45, 7) is 3.96. The first kappa shape index (κ1) is 15.1. The van der Waals surface area contributed by atoms with Crippen molar-refractivity contribution in [3.05, 3.63) is 41.4 Å². The predicted octanol–water partition coefficient (Wildman–Crippen LogP) is 2.36. The third-order valence-corrected chi connectivity index (χ3v) is 3.50. The fraction of sp³-hybridized carbons (Fsp3) is 0.312. The fourth-order valence-electron chi connectivity index (χ4n) is 2.31. The first-order valence-corrected chi connectivity index (χ1v) is 7.37. The zero-order valence-electron chi connectivity index (χ0n) is 13.3. The van der Waals surface area contributed by atoms with Crippen molar-refractivity contribution in [2.24, 2.45) is 0 Å². The van der Waals surface area contributed by atoms with Gasteiger partial charge in [-0.25, -0.2) is 9.97 Å². The number of fused-ring (bicyclic) bond motifs is 1. The summed E-state index contributed by atoms with van der Waals surface area (Å²) in [5.74, 6) is 1.92. The van der Waals surface area contributed by atoms with Crippen LogP contribution in [0.3, 0.4) is 0 Å². The summed E-state index contributed by atoms with van der Waals surface area (Å²) >= 11 is 0. The van der Waals surface area contributed by atoms with Crippen LogP contribution in [0.1, 0.15) is 34.9 Å². The number of benzene rings is 1. The number of oxazole rings is 1. The van der Waals surface area contributed by atoms with Gasteiger partial charge >= 0.3 is 0 Å². The van der Waals surface area contributed by atoms with Crippen molar-refractivity contribution < 1.29 is 13.9 Å². The standard InChI is InChI=1S/C16H18N4O3/c1-4-14-18-9(2)15(23-14)16(21)17-8-13-19-11-6-5-10(22-3)7-12(11)20-13/h5-7H,4,8H2,1-3H3,(H,17,21)(H,19,20). The molecule has 0 aliphatic carbocycles. The number of amides is 1. The van der Waals surface area contributed by atoms with E-state index in [1.54, 1.807) is 14.0 Å². The normalized spacial score (nSPS) is 10.9. The van der Waals surface area contributed by atoms with E-state index in [1.165, 1.54) is 0 Å². The van der Waals surface area contributed by atoms with Gasteiger partial charge in [0.1, 0.15) is 11.6 Å². The number of hydrogen-bond donors (Lipinski definition) is 2. The Hall–Kier alpha value is -2.83. The summed E-state index contributed by atoms with van der Waals surface area (Å²) in [4.78, 5) is 24.0. The molecule has 1 amide bonds. The Morgan fingerprint density at radius 3 is 2.91 bits per heavy atom. The molecule has 0 fully saturated rings. The summed E-state index contributed by atoms with van der Waals surface area (Å²) in [7, 11) is 1.61. The van der Waals surface area contributed by atoms with Crippen LogP contribution in [0.15, 0.2) is 22.6 Å². The number of aryl methyl sites for hydroxylation is 2. The zero-order valence-corrected chi connectivity index (χ0v) is 13.3. The van der Waals surface area contributed by atoms with E-state index in [1.807, 2.05) is 25.1 Å². The minimum atomic E-state index is -0.298. The first-order valence-electron chi connectivity index (χ1n) is 7.37. The molecule has 0 saturated heterocycles. The average molecular weight is 314 g/mol. The molecule has 0 unspecified atom stereocenters. The number of carbonyl (C=O) groups is 1. The molecule has 0 aliphatic rings. The van der Waals surface area contributed by atoms with Crippen LogP contribution in [0, 0.1) is 6.92 Å². The smallest absolute Gasteiger partial charge is 0.289 e. The zero-order chi connectivity index (χ0) is 16.4. The molecular formula is C16H18N4O3. The van der Waals surface area contributed by atoms with E-state index < -0.39 is 0 Å². The number of aromatic amines is 1. The van der Waals surface area contributed by atoms with E-state index in [4.69, 9.17) is 9.15 Å². The summed E-state index contributed by atoms with van der Waals surface area (Å²) in [6.07, 6.45) is 0.652. The second-order valence-electron chi connectivity index (χ2n) is 5.12. The van der Waals surface area contributed by atoms with Crippen molar-refractivity contribution in [2.75, 3.05) is 7.11 Å². The molecule has 0 atom stereocenters. The Kier molecular flexibility index (Phi) is 4.01. The van der Waals surface area contributed by atoms with Crippen LogP contribution in [0.25, 0.3) is 11.0 Å². The van der Waals surface area contributed by atoms with Crippen molar-refractivity contribution >= 4 is 16.9 Å². The number of H-pyrrole nitrogens is 1. The average Bonchev–Trinajstić information content (AvgIpc) is 3.14. The Balaban J connectivity index is 1.72. The largest absolute Gasteiger partial charge is 0.497 e. The van der Waals surface area contributed by atoms with Gasteiger partial charge in [0.15, 0.2) is 5.89 Å². The molecule has 0 saturated carbocycles. The van der Waals surface area contributed by atoms with Crippen LogP contribution in [0.2, 0.25) is 0 Å². The number of hydrogen-bond acceptors (Lipinski definition) is 5. The van der Waals surface area contributed by atoms with Gasteiger partial charge in [0.2, 0.25) is 5.76 Å². The van der Waals surface area contributed by atoms with Gasteiger partial charge in [-0.2, -0.15) is 0 Å². The van der Waals surface area contributed by atoms with Crippen molar-refractivity contribution in [1.29, 1.82) is 0 Å². The van der Waals surface area contributed by atoms with Gasteiger partial charge < -0.3 is 19.5 Å². The summed E-state index contributed by atoms with van der Waals surface area (Å²) in [6, 6.07) is 5.57. The number of nitrogens with zero attached hydrogens (tertiary/aromatic N) is 2. The number of aromatic nitrogens is 3. The highest BCUT2D eigenvalue weighted by atomic mass is 16.5. The van der Waals surface area contributed by atoms with E-state index in [-0.39, 0.29) is 18.2 Å². The maximum atomic E-state index is 12.2. The minimum absolute atomic E-state index is 0.250. The van der Waals surface area contributed by atoms with Gasteiger partial charge in [0.25, 0.3) is 5.91 Å². The van der Waals surface area contributed by atoms with Gasteiger partial charge in [0, 0.05) is 12.5 Å². The lowest BCUT2D eigenvalue weighted by atomic mass is 10.3. The molecular weight excluding hydrogens is 296 g/mol. The van der Waals surface area contributed by atoms with E-state index >= 15 is 0 Å². The lowest BCUT2D eigenvalue weighted by Crippen LogP contribution is -2.23. The summed E-state index contributed by atoms with van der Waals surface area (Å²) < 4.78 is 10.6.